The first-order valence-electron chi connectivity index (χ1n) is 7.26. The van der Waals surface area contributed by atoms with Gasteiger partial charge in [0.1, 0.15) is 5.75 Å². The molecule has 0 fully saturated rings. The lowest BCUT2D eigenvalue weighted by molar-refractivity contribution is 0.467. The second kappa shape index (κ2) is 4.93. The van der Waals surface area contributed by atoms with Gasteiger partial charge in [-0.2, -0.15) is 0 Å². The summed E-state index contributed by atoms with van der Waals surface area (Å²) in [6.45, 7) is 3.71. The van der Waals surface area contributed by atoms with E-state index in [0.717, 1.165) is 27.7 Å². The Kier molecular flexibility index (Phi) is 2.99. The van der Waals surface area contributed by atoms with Gasteiger partial charge in [-0.1, -0.05) is 23.5 Å². The Balaban J connectivity index is 1.99. The lowest BCUT2D eigenvalue weighted by atomic mass is 10.1. The predicted molar refractivity (Wildman–Crippen MR) is 93.2 cm³/mol. The largest absolute Gasteiger partial charge is 0.507 e. The number of rotatable bonds is 1. The lowest BCUT2D eigenvalue weighted by Gasteiger charge is -2.04. The number of benzene rings is 2. The van der Waals surface area contributed by atoms with Crippen molar-refractivity contribution in [2.24, 2.45) is 0 Å². The molecule has 0 bridgehead atoms. The summed E-state index contributed by atoms with van der Waals surface area (Å²) in [6, 6.07) is 11.4. The first-order valence-corrected chi connectivity index (χ1v) is 8.08. The van der Waals surface area contributed by atoms with Gasteiger partial charge in [-0.05, 0) is 60.9 Å². The number of hydrogen-bond donors (Lipinski definition) is 1. The molecule has 0 aliphatic heterocycles. The molecule has 1 N–H and O–H groups in total. The number of phenols is 1. The number of imidazole rings is 1. The van der Waals surface area contributed by atoms with Crippen LogP contribution in [0.25, 0.3) is 22.1 Å². The minimum absolute atomic E-state index is 0.0536. The van der Waals surface area contributed by atoms with E-state index in [0.29, 0.717) is 15.2 Å². The highest BCUT2D eigenvalue weighted by molar-refractivity contribution is 7.15. The van der Waals surface area contributed by atoms with Crippen molar-refractivity contribution in [3.63, 3.8) is 0 Å². The molecule has 2 heterocycles. The molecule has 0 radical (unpaired) electrons. The van der Waals surface area contributed by atoms with Gasteiger partial charge in [0.2, 0.25) is 0 Å². The molecule has 0 saturated carbocycles. The summed E-state index contributed by atoms with van der Waals surface area (Å²) in [5, 5.41) is 9.86. The van der Waals surface area contributed by atoms with Crippen molar-refractivity contribution in [3.8, 4) is 5.75 Å². The van der Waals surface area contributed by atoms with Gasteiger partial charge in [-0.25, -0.2) is 9.38 Å². The molecule has 0 aliphatic rings. The Labute approximate surface area is 136 Å². The van der Waals surface area contributed by atoms with Crippen LogP contribution in [0.15, 0.2) is 41.2 Å². The molecule has 4 aromatic rings. The topological polar surface area (TPSA) is 54.6 Å². The van der Waals surface area contributed by atoms with E-state index in [4.69, 9.17) is 0 Å². The van der Waals surface area contributed by atoms with Crippen LogP contribution in [0.3, 0.4) is 0 Å². The Morgan fingerprint density at radius 3 is 2.61 bits per heavy atom. The van der Waals surface area contributed by atoms with Gasteiger partial charge >= 0.3 is 0 Å². The normalized spacial score (nSPS) is 12.5. The molecule has 23 heavy (non-hydrogen) atoms. The van der Waals surface area contributed by atoms with E-state index in [1.165, 1.54) is 11.3 Å². The van der Waals surface area contributed by atoms with Crippen molar-refractivity contribution >= 4 is 33.4 Å². The summed E-state index contributed by atoms with van der Waals surface area (Å²) in [7, 11) is 0. The second-order valence-electron chi connectivity index (χ2n) is 5.64. The van der Waals surface area contributed by atoms with Gasteiger partial charge in [-0.3, -0.25) is 4.79 Å². The molecular weight excluding hydrogens is 308 g/mol. The maximum absolute atomic E-state index is 12.7. The third-order valence-electron chi connectivity index (χ3n) is 3.96. The molecule has 4 rings (SSSR count). The maximum Gasteiger partial charge on any atom is 0.274 e. The van der Waals surface area contributed by atoms with Crippen LogP contribution >= 0.6 is 11.3 Å². The molecule has 0 spiro atoms. The van der Waals surface area contributed by atoms with E-state index in [2.05, 4.69) is 4.98 Å². The van der Waals surface area contributed by atoms with Crippen molar-refractivity contribution in [1.82, 2.24) is 9.38 Å². The summed E-state index contributed by atoms with van der Waals surface area (Å²) >= 11 is 1.38. The number of thiazole rings is 1. The van der Waals surface area contributed by atoms with Crippen molar-refractivity contribution in [2.75, 3.05) is 0 Å². The highest BCUT2D eigenvalue weighted by atomic mass is 32.1. The molecule has 0 amide bonds. The number of hydrogen-bond acceptors (Lipinski definition) is 4. The predicted octanol–water partition coefficient (Wildman–Crippen LogP) is 2.78. The molecule has 0 aliphatic carbocycles. The molecule has 2 aromatic carbocycles. The van der Waals surface area contributed by atoms with Gasteiger partial charge in [0, 0.05) is 0 Å². The number of para-hydroxylation sites is 2. The number of fused-ring (bicyclic) bond motifs is 3. The molecule has 4 nitrogen and oxygen atoms in total. The van der Waals surface area contributed by atoms with Crippen LogP contribution in [0.4, 0.5) is 0 Å². The fourth-order valence-corrected chi connectivity index (χ4v) is 3.82. The molecule has 5 heteroatoms. The van der Waals surface area contributed by atoms with Gasteiger partial charge in [0.15, 0.2) is 4.96 Å². The SMILES string of the molecule is Cc1cc(C=c2sc3nc4ccccc4n3c2=O)cc(C)c1O. The van der Waals surface area contributed by atoms with Crippen molar-refractivity contribution in [2.45, 2.75) is 13.8 Å². The third kappa shape index (κ3) is 2.12. The first kappa shape index (κ1) is 14.0. The standard InChI is InChI=1S/C18H14N2O2S/c1-10-7-12(8-11(2)16(10)21)9-15-17(22)20-14-6-4-3-5-13(14)19-18(20)23-15/h3-9,21H,1-2H3. The van der Waals surface area contributed by atoms with E-state index in [1.54, 1.807) is 4.40 Å². The van der Waals surface area contributed by atoms with Crippen LogP contribution in [0.5, 0.6) is 5.75 Å². The highest BCUT2D eigenvalue weighted by Crippen LogP contribution is 2.23. The highest BCUT2D eigenvalue weighted by Gasteiger charge is 2.10. The average molecular weight is 322 g/mol. The third-order valence-corrected chi connectivity index (χ3v) is 4.93. The summed E-state index contributed by atoms with van der Waals surface area (Å²) in [6.07, 6.45) is 1.86. The van der Waals surface area contributed by atoms with Crippen LogP contribution in [0.1, 0.15) is 16.7 Å². The molecule has 2 aromatic heterocycles. The van der Waals surface area contributed by atoms with E-state index in [1.807, 2.05) is 56.3 Å². The smallest absolute Gasteiger partial charge is 0.274 e. The van der Waals surface area contributed by atoms with Gasteiger partial charge in [0.05, 0.1) is 15.6 Å². The first-order chi connectivity index (χ1) is 11.0. The van der Waals surface area contributed by atoms with Crippen LogP contribution in [0.2, 0.25) is 0 Å². The van der Waals surface area contributed by atoms with E-state index in [-0.39, 0.29) is 5.56 Å². The maximum atomic E-state index is 12.7. The van der Waals surface area contributed by atoms with Crippen molar-refractivity contribution < 1.29 is 5.11 Å². The van der Waals surface area contributed by atoms with E-state index < -0.39 is 0 Å². The quantitative estimate of drug-likeness (QED) is 0.586. The fourth-order valence-electron chi connectivity index (χ4n) is 2.84. The minimum Gasteiger partial charge on any atom is -0.507 e. The lowest BCUT2D eigenvalue weighted by Crippen LogP contribution is -2.22. The molecule has 0 atom stereocenters. The zero-order valence-corrected chi connectivity index (χ0v) is 13.5. The van der Waals surface area contributed by atoms with Crippen molar-refractivity contribution in [3.05, 3.63) is 68.0 Å². The Hall–Kier alpha value is -2.66. The van der Waals surface area contributed by atoms with Gasteiger partial charge < -0.3 is 5.11 Å². The van der Waals surface area contributed by atoms with Crippen LogP contribution < -0.4 is 10.1 Å². The van der Waals surface area contributed by atoms with Crippen molar-refractivity contribution in [1.29, 1.82) is 0 Å². The zero-order valence-electron chi connectivity index (χ0n) is 12.7. The molecular formula is C18H14N2O2S. The second-order valence-corrected chi connectivity index (χ2v) is 6.65. The Morgan fingerprint density at radius 2 is 1.87 bits per heavy atom. The summed E-state index contributed by atoms with van der Waals surface area (Å²) in [5.41, 5.74) is 4.12. The monoisotopic (exact) mass is 322 g/mol. The average Bonchev–Trinajstić information content (AvgIpc) is 3.02. The number of nitrogens with zero attached hydrogens (tertiary/aromatic N) is 2. The van der Waals surface area contributed by atoms with Crippen LogP contribution in [-0.4, -0.2) is 14.5 Å². The fraction of sp³-hybridized carbons (Fsp3) is 0.111. The molecule has 114 valence electrons. The summed E-state index contributed by atoms with van der Waals surface area (Å²) in [5.74, 6) is 0.302. The number of aryl methyl sites for hydroxylation is 2. The molecule has 0 unspecified atom stereocenters. The Bertz CT molecular complexity index is 1150. The summed E-state index contributed by atoms with van der Waals surface area (Å²) < 4.78 is 2.30. The van der Waals surface area contributed by atoms with Gasteiger partial charge in [0.25, 0.3) is 5.56 Å². The zero-order chi connectivity index (χ0) is 16.1. The van der Waals surface area contributed by atoms with E-state index >= 15 is 0 Å². The number of aromatic nitrogens is 2. The summed E-state index contributed by atoms with van der Waals surface area (Å²) in [4.78, 5) is 17.9. The number of phenolic OH excluding ortho intramolecular Hbond substituents is 1. The van der Waals surface area contributed by atoms with Gasteiger partial charge in [-0.15, -0.1) is 0 Å². The van der Waals surface area contributed by atoms with Crippen LogP contribution in [-0.2, 0) is 0 Å². The number of aromatic hydroxyl groups is 1. The van der Waals surface area contributed by atoms with E-state index in [9.17, 15) is 9.90 Å². The molecule has 0 saturated heterocycles. The Morgan fingerprint density at radius 1 is 1.17 bits per heavy atom. The minimum atomic E-state index is -0.0536. The van der Waals surface area contributed by atoms with Crippen LogP contribution in [0, 0.1) is 13.8 Å².